The van der Waals surface area contributed by atoms with Gasteiger partial charge in [0.1, 0.15) is 13.0 Å². The molecule has 0 heterocycles. The minimum Gasteiger partial charge on any atom is -0.445 e. The number of nitrogens with zero attached hydrogens (tertiary/aromatic N) is 1. The van der Waals surface area contributed by atoms with Gasteiger partial charge in [-0.1, -0.05) is 12.7 Å². The summed E-state index contributed by atoms with van der Waals surface area (Å²) in [6.45, 7) is 4.05. The zero-order valence-electron chi connectivity index (χ0n) is 8.28. The van der Waals surface area contributed by atoms with Crippen molar-refractivity contribution in [3.05, 3.63) is 12.7 Å². The molecule has 0 aliphatic rings. The molecule has 0 saturated heterocycles. The molecule has 0 aliphatic heterocycles. The molecule has 0 rings (SSSR count). The molecule has 6 nitrogen and oxygen atoms in total. The van der Waals surface area contributed by atoms with Gasteiger partial charge in [0.05, 0.1) is 6.07 Å². The Labute approximate surface area is 87.9 Å². The topological polar surface area (TPSA) is 91.2 Å². The first-order valence-corrected chi connectivity index (χ1v) is 4.36. The van der Waals surface area contributed by atoms with Crippen LogP contribution in [-0.4, -0.2) is 31.7 Å². The van der Waals surface area contributed by atoms with Crippen molar-refractivity contribution in [2.24, 2.45) is 0 Å². The van der Waals surface area contributed by atoms with Crippen molar-refractivity contribution in [2.45, 2.75) is 6.42 Å². The molecule has 0 atom stereocenters. The zero-order chi connectivity index (χ0) is 11.5. The molecule has 6 heteroatoms. The summed E-state index contributed by atoms with van der Waals surface area (Å²) in [5, 5.41) is 13.0. The van der Waals surface area contributed by atoms with Gasteiger partial charge in [-0.25, -0.2) is 4.79 Å². The smallest absolute Gasteiger partial charge is 0.407 e. The van der Waals surface area contributed by atoms with Crippen LogP contribution in [-0.2, 0) is 9.53 Å². The van der Waals surface area contributed by atoms with E-state index in [0.717, 1.165) is 0 Å². The highest BCUT2D eigenvalue weighted by molar-refractivity contribution is 5.78. The van der Waals surface area contributed by atoms with Gasteiger partial charge >= 0.3 is 6.09 Å². The van der Waals surface area contributed by atoms with Gasteiger partial charge in [-0.05, 0) is 0 Å². The number of nitrogens with one attached hydrogen (secondary N) is 2. The molecular formula is C9H13N3O3. The van der Waals surface area contributed by atoms with Gasteiger partial charge in [0.2, 0.25) is 5.91 Å². The van der Waals surface area contributed by atoms with E-state index in [1.54, 1.807) is 6.07 Å². The third kappa shape index (κ3) is 8.30. The number of alkyl carbamates (subject to hydrolysis) is 1. The van der Waals surface area contributed by atoms with Crippen LogP contribution in [0.3, 0.4) is 0 Å². The fraction of sp³-hybridized carbons (Fsp3) is 0.444. The molecule has 0 radical (unpaired) electrons. The zero-order valence-corrected chi connectivity index (χ0v) is 8.28. The lowest BCUT2D eigenvalue weighted by molar-refractivity contribution is -0.120. The Bertz CT molecular complexity index is 270. The molecule has 0 unspecified atom stereocenters. The second-order valence-corrected chi connectivity index (χ2v) is 2.50. The lowest BCUT2D eigenvalue weighted by Crippen LogP contribution is -2.34. The maximum absolute atomic E-state index is 10.8. The van der Waals surface area contributed by atoms with Crippen molar-refractivity contribution < 1.29 is 14.3 Å². The van der Waals surface area contributed by atoms with Gasteiger partial charge in [-0.3, -0.25) is 4.79 Å². The van der Waals surface area contributed by atoms with Crippen molar-refractivity contribution in [1.29, 1.82) is 5.26 Å². The van der Waals surface area contributed by atoms with Crippen molar-refractivity contribution in [3.63, 3.8) is 0 Å². The van der Waals surface area contributed by atoms with E-state index in [1.165, 1.54) is 6.08 Å². The Hall–Kier alpha value is -2.03. The lowest BCUT2D eigenvalue weighted by atomic mass is 10.4. The Morgan fingerprint density at radius 2 is 2.07 bits per heavy atom. The molecule has 2 N–H and O–H groups in total. The summed E-state index contributed by atoms with van der Waals surface area (Å²) < 4.78 is 4.61. The second kappa shape index (κ2) is 8.56. The van der Waals surface area contributed by atoms with Crippen LogP contribution in [0.5, 0.6) is 0 Å². The molecular weight excluding hydrogens is 198 g/mol. The van der Waals surface area contributed by atoms with Crippen LogP contribution in [0, 0.1) is 11.3 Å². The molecule has 82 valence electrons. The first kappa shape index (κ1) is 13.0. The van der Waals surface area contributed by atoms with Gasteiger partial charge in [0, 0.05) is 13.1 Å². The van der Waals surface area contributed by atoms with E-state index in [-0.39, 0.29) is 32.0 Å². The van der Waals surface area contributed by atoms with Crippen LogP contribution < -0.4 is 10.6 Å². The lowest BCUT2D eigenvalue weighted by Gasteiger charge is -2.05. The first-order chi connectivity index (χ1) is 7.20. The van der Waals surface area contributed by atoms with E-state index in [0.29, 0.717) is 0 Å². The summed E-state index contributed by atoms with van der Waals surface area (Å²) in [5.74, 6) is -0.362. The van der Waals surface area contributed by atoms with Crippen molar-refractivity contribution in [2.75, 3.05) is 19.7 Å². The van der Waals surface area contributed by atoms with Crippen molar-refractivity contribution >= 4 is 12.0 Å². The monoisotopic (exact) mass is 211 g/mol. The predicted molar refractivity (Wildman–Crippen MR) is 52.8 cm³/mol. The quantitative estimate of drug-likeness (QED) is 0.475. The molecule has 0 aromatic heterocycles. The van der Waals surface area contributed by atoms with Gasteiger partial charge < -0.3 is 15.4 Å². The average Bonchev–Trinajstić information content (AvgIpc) is 2.22. The molecule has 0 spiro atoms. The maximum atomic E-state index is 10.8. The number of ether oxygens (including phenoxy) is 1. The molecule has 0 fully saturated rings. The molecule has 0 aromatic carbocycles. The summed E-state index contributed by atoms with van der Waals surface area (Å²) in [5.41, 5.74) is 0. The van der Waals surface area contributed by atoms with E-state index in [1.807, 2.05) is 0 Å². The number of hydrogen-bond acceptors (Lipinski definition) is 4. The Morgan fingerprint density at radius 1 is 1.40 bits per heavy atom. The molecule has 2 amide bonds. The number of carbonyl (C=O) groups is 2. The molecule has 0 bridgehead atoms. The average molecular weight is 211 g/mol. The van der Waals surface area contributed by atoms with E-state index in [2.05, 4.69) is 21.9 Å². The minimum atomic E-state index is -0.565. The van der Waals surface area contributed by atoms with Crippen LogP contribution >= 0.6 is 0 Å². The molecule has 0 saturated carbocycles. The fourth-order valence-electron chi connectivity index (χ4n) is 0.686. The Morgan fingerprint density at radius 3 is 2.67 bits per heavy atom. The Kier molecular flexibility index (Phi) is 7.40. The number of rotatable bonds is 6. The van der Waals surface area contributed by atoms with E-state index < -0.39 is 6.09 Å². The van der Waals surface area contributed by atoms with Crippen LogP contribution in [0.1, 0.15) is 6.42 Å². The largest absolute Gasteiger partial charge is 0.445 e. The van der Waals surface area contributed by atoms with E-state index >= 15 is 0 Å². The highest BCUT2D eigenvalue weighted by atomic mass is 16.5. The number of nitriles is 1. The van der Waals surface area contributed by atoms with Crippen molar-refractivity contribution in [3.8, 4) is 6.07 Å². The number of amides is 2. The van der Waals surface area contributed by atoms with Crippen LogP contribution in [0.15, 0.2) is 12.7 Å². The summed E-state index contributed by atoms with van der Waals surface area (Å²) in [4.78, 5) is 21.6. The molecule has 0 aromatic rings. The number of carbonyl (C=O) groups excluding carboxylic acids is 2. The highest BCUT2D eigenvalue weighted by Crippen LogP contribution is 1.77. The van der Waals surface area contributed by atoms with Gasteiger partial charge in [-0.15, -0.1) is 0 Å². The van der Waals surface area contributed by atoms with Crippen molar-refractivity contribution in [1.82, 2.24) is 10.6 Å². The third-order valence-corrected chi connectivity index (χ3v) is 1.29. The van der Waals surface area contributed by atoms with Crippen LogP contribution in [0.4, 0.5) is 4.79 Å². The van der Waals surface area contributed by atoms with E-state index in [4.69, 9.17) is 5.26 Å². The normalized spacial score (nSPS) is 8.47. The summed E-state index contributed by atoms with van der Waals surface area (Å²) >= 11 is 0. The molecule has 0 aliphatic carbocycles. The number of hydrogen-bond donors (Lipinski definition) is 2. The van der Waals surface area contributed by atoms with Crippen LogP contribution in [0.25, 0.3) is 0 Å². The SMILES string of the molecule is C=CCOC(=O)NCCNC(=O)CC#N. The fourth-order valence-corrected chi connectivity index (χ4v) is 0.686. The maximum Gasteiger partial charge on any atom is 0.407 e. The minimum absolute atomic E-state index is 0.145. The third-order valence-electron chi connectivity index (χ3n) is 1.29. The summed E-state index contributed by atoms with van der Waals surface area (Å²) in [6.07, 6.45) is 0.708. The first-order valence-electron chi connectivity index (χ1n) is 4.36. The van der Waals surface area contributed by atoms with Gasteiger partial charge in [0.25, 0.3) is 0 Å². The Balaban J connectivity index is 3.38. The summed E-state index contributed by atoms with van der Waals surface area (Å²) in [6, 6.07) is 1.71. The second-order valence-electron chi connectivity index (χ2n) is 2.50. The standard InChI is InChI=1S/C9H13N3O3/c1-2-7-15-9(14)12-6-5-11-8(13)3-4-10/h2H,1,3,5-7H2,(H,11,13)(H,12,14). The van der Waals surface area contributed by atoms with Gasteiger partial charge in [0.15, 0.2) is 0 Å². The van der Waals surface area contributed by atoms with Crippen LogP contribution in [0.2, 0.25) is 0 Å². The molecule has 15 heavy (non-hydrogen) atoms. The summed E-state index contributed by atoms with van der Waals surface area (Å²) in [7, 11) is 0. The van der Waals surface area contributed by atoms with Gasteiger partial charge in [-0.2, -0.15) is 5.26 Å². The van der Waals surface area contributed by atoms with E-state index in [9.17, 15) is 9.59 Å². The predicted octanol–water partition coefficient (Wildman–Crippen LogP) is -0.0715. The highest BCUT2D eigenvalue weighted by Gasteiger charge is 2.00.